The van der Waals surface area contributed by atoms with E-state index in [0.29, 0.717) is 11.3 Å². The Labute approximate surface area is 164 Å². The van der Waals surface area contributed by atoms with E-state index in [1.165, 1.54) is 22.5 Å². The fraction of sp³-hybridized carbons (Fsp3) is 0.133. The first-order valence-corrected chi connectivity index (χ1v) is 9.08. The summed E-state index contributed by atoms with van der Waals surface area (Å²) < 4.78 is 56.9. The molecule has 12 heteroatoms. The Bertz CT molecular complexity index is 958. The smallest absolute Gasteiger partial charge is 0.321 e. The van der Waals surface area contributed by atoms with Crippen LogP contribution in [0, 0.1) is 5.82 Å². The fourth-order valence-electron chi connectivity index (χ4n) is 2.01. The largest absolute Gasteiger partial charge is 0.443 e. The van der Waals surface area contributed by atoms with Crippen molar-refractivity contribution in [3.8, 4) is 0 Å². The van der Waals surface area contributed by atoms with E-state index in [1.807, 2.05) is 0 Å². The molecule has 5 nitrogen and oxygen atoms in total. The zero-order valence-electron chi connectivity index (χ0n) is 13.3. The molecule has 1 aromatic heterocycles. The Morgan fingerprint density at radius 2 is 2.07 bits per heavy atom. The van der Waals surface area contributed by atoms with Gasteiger partial charge >= 0.3 is 6.18 Å². The molecule has 2 aromatic rings. The SMILES string of the molecule is CN1SN=C(c2cnc(C(F)(F)F)s2)C=C1C(=O)Nc1ccc(F)c(Cl)c1. The first-order valence-electron chi connectivity index (χ1n) is 7.15. The van der Waals surface area contributed by atoms with Gasteiger partial charge in [0.1, 0.15) is 11.5 Å². The predicted octanol–water partition coefficient (Wildman–Crippen LogP) is 4.77. The number of carbonyl (C=O) groups excluding carboxylic acids is 1. The summed E-state index contributed by atoms with van der Waals surface area (Å²) in [6.45, 7) is 0. The highest BCUT2D eigenvalue weighted by atomic mass is 35.5. The number of likely N-dealkylation sites (N-methyl/N-ethyl adjacent to an activating group) is 1. The normalized spacial score (nSPS) is 14.7. The van der Waals surface area contributed by atoms with Gasteiger partial charge in [-0.1, -0.05) is 11.6 Å². The van der Waals surface area contributed by atoms with Crippen molar-refractivity contribution in [2.75, 3.05) is 12.4 Å². The van der Waals surface area contributed by atoms with Crippen LogP contribution < -0.4 is 5.32 Å². The number of nitrogens with zero attached hydrogens (tertiary/aromatic N) is 3. The minimum absolute atomic E-state index is 0.146. The summed E-state index contributed by atoms with van der Waals surface area (Å²) >= 11 is 7.01. The van der Waals surface area contributed by atoms with Crippen LogP contribution in [0.2, 0.25) is 5.02 Å². The van der Waals surface area contributed by atoms with Crippen LogP contribution in [0.1, 0.15) is 9.88 Å². The van der Waals surface area contributed by atoms with Gasteiger partial charge in [0, 0.05) is 18.9 Å². The molecule has 0 aliphatic carbocycles. The molecule has 0 radical (unpaired) electrons. The maximum absolute atomic E-state index is 13.2. The van der Waals surface area contributed by atoms with Crippen molar-refractivity contribution >= 4 is 52.4 Å². The fourth-order valence-corrected chi connectivity index (χ4v) is 3.58. The van der Waals surface area contributed by atoms with Gasteiger partial charge in [0.15, 0.2) is 5.01 Å². The van der Waals surface area contributed by atoms with E-state index in [0.717, 1.165) is 24.4 Å². The Kier molecular flexibility index (Phi) is 5.45. The lowest BCUT2D eigenvalue weighted by molar-refractivity contribution is -0.137. The van der Waals surface area contributed by atoms with Gasteiger partial charge in [-0.15, -0.1) is 11.3 Å². The number of hydrogen-bond acceptors (Lipinski definition) is 6. The van der Waals surface area contributed by atoms with Gasteiger partial charge in [0.05, 0.1) is 27.7 Å². The van der Waals surface area contributed by atoms with Crippen LogP contribution in [0.5, 0.6) is 0 Å². The van der Waals surface area contributed by atoms with Crippen LogP contribution in [-0.4, -0.2) is 28.0 Å². The van der Waals surface area contributed by atoms with Gasteiger partial charge in [-0.3, -0.25) is 9.10 Å². The maximum Gasteiger partial charge on any atom is 0.443 e. The molecule has 0 bridgehead atoms. The number of rotatable bonds is 3. The molecular weight excluding hydrogens is 428 g/mol. The average molecular weight is 437 g/mol. The first-order chi connectivity index (χ1) is 12.6. The zero-order chi connectivity index (χ0) is 19.8. The number of nitrogens with one attached hydrogen (secondary N) is 1. The van der Waals surface area contributed by atoms with E-state index in [2.05, 4.69) is 14.7 Å². The predicted molar refractivity (Wildman–Crippen MR) is 97.1 cm³/mol. The summed E-state index contributed by atoms with van der Waals surface area (Å²) in [7, 11) is 1.57. The molecule has 3 rings (SSSR count). The van der Waals surface area contributed by atoms with Crippen molar-refractivity contribution < 1.29 is 22.4 Å². The molecule has 1 N–H and O–H groups in total. The number of hydrogen-bond donors (Lipinski definition) is 1. The van der Waals surface area contributed by atoms with Gasteiger partial charge in [-0.25, -0.2) is 9.37 Å². The average Bonchev–Trinajstić information content (AvgIpc) is 3.09. The molecule has 1 aliphatic rings. The summed E-state index contributed by atoms with van der Waals surface area (Å²) in [6.07, 6.45) is -2.14. The molecule has 1 aromatic carbocycles. The summed E-state index contributed by atoms with van der Waals surface area (Å²) in [6, 6.07) is 3.69. The second-order valence-electron chi connectivity index (χ2n) is 5.20. The third-order valence-electron chi connectivity index (χ3n) is 3.29. The van der Waals surface area contributed by atoms with Gasteiger partial charge in [0.2, 0.25) is 0 Å². The molecule has 1 amide bonds. The number of aromatic nitrogens is 1. The number of thiazole rings is 1. The summed E-state index contributed by atoms with van der Waals surface area (Å²) in [5.74, 6) is -1.18. The quantitative estimate of drug-likeness (QED) is 0.556. The van der Waals surface area contributed by atoms with E-state index in [9.17, 15) is 22.4 Å². The highest BCUT2D eigenvalue weighted by Crippen LogP contribution is 2.34. The summed E-state index contributed by atoms with van der Waals surface area (Å²) in [4.78, 5) is 16.0. The number of halogens is 5. The molecule has 2 heterocycles. The summed E-state index contributed by atoms with van der Waals surface area (Å²) in [5, 5.41) is 1.40. The standard InChI is InChI=1S/C15H9ClF4N4OS2/c1-24-11(13(25)22-7-2-3-9(17)8(16)4-7)5-10(23-27-24)12-6-21-14(26-12)15(18,19)20/h2-6H,1H3,(H,22,25). The molecule has 0 spiro atoms. The van der Waals surface area contributed by atoms with Crippen LogP contribution >= 0.6 is 35.1 Å². The number of carbonyl (C=O) groups is 1. The van der Waals surface area contributed by atoms with E-state index in [4.69, 9.17) is 11.6 Å². The number of anilines is 1. The summed E-state index contributed by atoms with van der Waals surface area (Å²) in [5.41, 5.74) is 0.604. The molecule has 0 saturated heterocycles. The van der Waals surface area contributed by atoms with Crippen molar-refractivity contribution in [3.63, 3.8) is 0 Å². The molecule has 27 heavy (non-hydrogen) atoms. The Morgan fingerprint density at radius 3 is 2.70 bits per heavy atom. The highest BCUT2D eigenvalue weighted by Gasteiger charge is 2.35. The van der Waals surface area contributed by atoms with Crippen molar-refractivity contribution in [1.82, 2.24) is 9.29 Å². The number of allylic oxidation sites excluding steroid dienone is 1. The van der Waals surface area contributed by atoms with Gasteiger partial charge in [0.25, 0.3) is 5.91 Å². The van der Waals surface area contributed by atoms with Crippen LogP contribution in [0.25, 0.3) is 0 Å². The molecule has 0 unspecified atom stereocenters. The highest BCUT2D eigenvalue weighted by molar-refractivity contribution is 7.96. The third kappa shape index (κ3) is 4.42. The molecule has 0 fully saturated rings. The van der Waals surface area contributed by atoms with E-state index < -0.39 is 22.9 Å². The van der Waals surface area contributed by atoms with Crippen LogP contribution in [-0.2, 0) is 11.0 Å². The van der Waals surface area contributed by atoms with Gasteiger partial charge in [-0.05, 0) is 24.3 Å². The van der Waals surface area contributed by atoms with Crippen LogP contribution in [0.4, 0.5) is 23.2 Å². The second-order valence-corrected chi connectivity index (χ2v) is 7.53. The minimum Gasteiger partial charge on any atom is -0.321 e. The molecule has 0 atom stereocenters. The molecular formula is C15H9ClF4N4OS2. The Hall–Kier alpha value is -2.11. The lowest BCUT2D eigenvalue weighted by atomic mass is 10.2. The van der Waals surface area contributed by atoms with E-state index >= 15 is 0 Å². The lowest BCUT2D eigenvalue weighted by Gasteiger charge is -2.22. The van der Waals surface area contributed by atoms with E-state index in [1.54, 1.807) is 7.05 Å². The Morgan fingerprint density at radius 1 is 1.33 bits per heavy atom. The molecule has 0 saturated carbocycles. The Balaban J connectivity index is 1.83. The van der Waals surface area contributed by atoms with Crippen LogP contribution in [0.3, 0.4) is 0 Å². The van der Waals surface area contributed by atoms with Crippen molar-refractivity contribution in [2.45, 2.75) is 6.18 Å². The molecule has 142 valence electrons. The van der Waals surface area contributed by atoms with Gasteiger partial charge < -0.3 is 5.32 Å². The van der Waals surface area contributed by atoms with Crippen molar-refractivity contribution in [1.29, 1.82) is 0 Å². The van der Waals surface area contributed by atoms with Crippen LogP contribution in [0.15, 0.2) is 40.6 Å². The monoisotopic (exact) mass is 436 g/mol. The second kappa shape index (κ2) is 7.49. The van der Waals surface area contributed by atoms with Crippen molar-refractivity contribution in [3.05, 3.63) is 56.9 Å². The maximum atomic E-state index is 13.2. The number of amides is 1. The lowest BCUT2D eigenvalue weighted by Crippen LogP contribution is -2.26. The van der Waals surface area contributed by atoms with Crippen molar-refractivity contribution in [2.24, 2.45) is 4.40 Å². The molecule has 1 aliphatic heterocycles. The zero-order valence-corrected chi connectivity index (χ0v) is 15.7. The third-order valence-corrected chi connectivity index (χ3v) is 5.36. The van der Waals surface area contributed by atoms with E-state index in [-0.39, 0.29) is 27.0 Å². The minimum atomic E-state index is -4.55. The number of alkyl halides is 3. The van der Waals surface area contributed by atoms with Gasteiger partial charge in [-0.2, -0.15) is 17.6 Å². The number of benzene rings is 1. The first kappa shape index (κ1) is 19.6. The topological polar surface area (TPSA) is 57.6 Å².